The molecule has 1 aromatic heterocycles. The maximum Gasteiger partial charge on any atom is 0.273 e. The van der Waals surface area contributed by atoms with Crippen LogP contribution in [-0.4, -0.2) is 27.8 Å². The Morgan fingerprint density at radius 2 is 2.00 bits per heavy atom. The van der Waals surface area contributed by atoms with Crippen molar-refractivity contribution >= 4 is 5.91 Å². The van der Waals surface area contributed by atoms with Crippen LogP contribution in [0.5, 0.6) is 11.5 Å². The van der Waals surface area contributed by atoms with Gasteiger partial charge in [0.2, 0.25) is 0 Å². The second kappa shape index (κ2) is 6.73. The Labute approximate surface area is 134 Å². The number of nitrogens with zero attached hydrogens (tertiary/aromatic N) is 1. The summed E-state index contributed by atoms with van der Waals surface area (Å²) >= 11 is 0. The first-order valence-corrected chi connectivity index (χ1v) is 7.91. The molecule has 1 aliphatic carbocycles. The molecular weight excluding hydrogens is 296 g/mol. The van der Waals surface area contributed by atoms with Gasteiger partial charge < -0.3 is 20.1 Å². The highest BCUT2D eigenvalue weighted by Crippen LogP contribution is 2.25. The number of carbonyl (C=O) groups excluding carboxylic acids is 1. The van der Waals surface area contributed by atoms with Crippen molar-refractivity contribution in [3.05, 3.63) is 40.8 Å². The molecule has 2 aromatic rings. The number of hydrogen-bond acceptors (Lipinski definition) is 5. The molecule has 1 aliphatic rings. The molecule has 1 heterocycles. The normalized spacial score (nSPS) is 14.1. The number of phenols is 2. The number of amides is 1. The third-order valence-corrected chi connectivity index (χ3v) is 4.15. The molecule has 0 unspecified atom stereocenters. The van der Waals surface area contributed by atoms with Crippen LogP contribution in [0.15, 0.2) is 22.7 Å². The van der Waals surface area contributed by atoms with Gasteiger partial charge >= 0.3 is 0 Å². The fourth-order valence-electron chi connectivity index (χ4n) is 2.87. The van der Waals surface area contributed by atoms with Crippen molar-refractivity contribution in [3.8, 4) is 11.5 Å². The summed E-state index contributed by atoms with van der Waals surface area (Å²) in [5.74, 6) is 0.315. The maximum atomic E-state index is 12.3. The Kier molecular flexibility index (Phi) is 4.50. The monoisotopic (exact) mass is 316 g/mol. The first-order chi connectivity index (χ1) is 11.1. The lowest BCUT2D eigenvalue weighted by Gasteiger charge is -2.06. The molecule has 6 heteroatoms. The lowest BCUT2D eigenvalue weighted by molar-refractivity contribution is 0.0944. The first kappa shape index (κ1) is 15.4. The number of rotatable bonds is 4. The van der Waals surface area contributed by atoms with E-state index < -0.39 is 0 Å². The number of benzene rings is 1. The molecule has 0 bridgehead atoms. The predicted molar refractivity (Wildman–Crippen MR) is 83.6 cm³/mol. The van der Waals surface area contributed by atoms with Crippen LogP contribution in [0.3, 0.4) is 0 Å². The zero-order valence-corrected chi connectivity index (χ0v) is 12.8. The van der Waals surface area contributed by atoms with Gasteiger partial charge in [-0.1, -0.05) is 17.6 Å². The van der Waals surface area contributed by atoms with Gasteiger partial charge in [0.15, 0.2) is 17.2 Å². The quantitative estimate of drug-likeness (QED) is 0.594. The van der Waals surface area contributed by atoms with Crippen LogP contribution in [0.1, 0.15) is 46.6 Å². The van der Waals surface area contributed by atoms with Gasteiger partial charge in [-0.15, -0.1) is 0 Å². The van der Waals surface area contributed by atoms with Gasteiger partial charge in [0, 0.05) is 18.5 Å². The first-order valence-electron chi connectivity index (χ1n) is 7.91. The van der Waals surface area contributed by atoms with Crippen molar-refractivity contribution in [1.29, 1.82) is 0 Å². The Morgan fingerprint density at radius 3 is 2.83 bits per heavy atom. The maximum absolute atomic E-state index is 12.3. The summed E-state index contributed by atoms with van der Waals surface area (Å²) < 4.78 is 5.31. The third kappa shape index (κ3) is 3.47. The summed E-state index contributed by atoms with van der Waals surface area (Å²) in [6.07, 6.45) is 5.53. The smallest absolute Gasteiger partial charge is 0.273 e. The highest BCUT2D eigenvalue weighted by molar-refractivity contribution is 5.93. The fraction of sp³-hybridized carbons (Fsp3) is 0.412. The van der Waals surface area contributed by atoms with Crippen LogP contribution in [-0.2, 0) is 19.3 Å². The van der Waals surface area contributed by atoms with Crippen LogP contribution in [0.4, 0.5) is 0 Å². The fourth-order valence-corrected chi connectivity index (χ4v) is 2.87. The number of fused-ring (bicyclic) bond motifs is 1. The minimum absolute atomic E-state index is 0.150. The van der Waals surface area contributed by atoms with Crippen LogP contribution in [0, 0.1) is 0 Å². The average molecular weight is 316 g/mol. The number of carbonyl (C=O) groups is 1. The van der Waals surface area contributed by atoms with Gasteiger partial charge in [-0.3, -0.25) is 4.79 Å². The highest BCUT2D eigenvalue weighted by Gasteiger charge is 2.22. The number of hydrogen-bond donors (Lipinski definition) is 3. The predicted octanol–water partition coefficient (Wildman–Crippen LogP) is 2.33. The molecule has 1 aromatic carbocycles. The molecular formula is C17H20N2O4. The minimum Gasteiger partial charge on any atom is -0.504 e. The van der Waals surface area contributed by atoms with E-state index >= 15 is 0 Å². The molecule has 0 radical (unpaired) electrons. The lowest BCUT2D eigenvalue weighted by Crippen LogP contribution is -2.27. The van der Waals surface area contributed by atoms with E-state index in [9.17, 15) is 15.0 Å². The molecule has 0 saturated carbocycles. The molecule has 0 atom stereocenters. The van der Waals surface area contributed by atoms with Gasteiger partial charge in [0.1, 0.15) is 5.76 Å². The number of aromatic hydroxyl groups is 2. The molecule has 0 spiro atoms. The largest absolute Gasteiger partial charge is 0.504 e. The van der Waals surface area contributed by atoms with Crippen molar-refractivity contribution in [2.45, 2.75) is 38.5 Å². The summed E-state index contributed by atoms with van der Waals surface area (Å²) in [5, 5.41) is 25.5. The molecule has 0 aliphatic heterocycles. The minimum atomic E-state index is -0.222. The van der Waals surface area contributed by atoms with Crippen molar-refractivity contribution in [1.82, 2.24) is 10.5 Å². The van der Waals surface area contributed by atoms with Crippen LogP contribution in [0.25, 0.3) is 0 Å². The standard InChI is InChI=1S/C17H20N2O4/c20-13-7-6-11(10-14(13)21)8-9-18-17(22)16-12-4-2-1-3-5-15(12)23-19-16/h6-7,10,20-21H,1-5,8-9H2,(H,18,22). The summed E-state index contributed by atoms with van der Waals surface area (Å²) in [6.45, 7) is 0.421. The van der Waals surface area contributed by atoms with Crippen LogP contribution in [0.2, 0.25) is 0 Å². The Bertz CT molecular complexity index is 709. The topological polar surface area (TPSA) is 95.6 Å². The van der Waals surface area contributed by atoms with E-state index in [1.165, 1.54) is 12.1 Å². The lowest BCUT2D eigenvalue weighted by atomic mass is 10.1. The zero-order valence-electron chi connectivity index (χ0n) is 12.8. The van der Waals surface area contributed by atoms with Gasteiger partial charge in [-0.05, 0) is 43.4 Å². The highest BCUT2D eigenvalue weighted by atomic mass is 16.5. The zero-order chi connectivity index (χ0) is 16.2. The van der Waals surface area contributed by atoms with E-state index in [4.69, 9.17) is 4.52 Å². The van der Waals surface area contributed by atoms with Gasteiger partial charge in [-0.2, -0.15) is 0 Å². The van der Waals surface area contributed by atoms with E-state index in [0.717, 1.165) is 49.0 Å². The van der Waals surface area contributed by atoms with Crippen molar-refractivity contribution in [2.24, 2.45) is 0 Å². The number of aryl methyl sites for hydroxylation is 1. The number of phenolic OH excluding ortho intramolecular Hbond substituents is 2. The van der Waals surface area contributed by atoms with E-state index in [1.54, 1.807) is 6.07 Å². The average Bonchev–Trinajstić information content (AvgIpc) is 2.79. The Hall–Kier alpha value is -2.50. The molecule has 3 rings (SSSR count). The van der Waals surface area contributed by atoms with Crippen molar-refractivity contribution in [2.75, 3.05) is 6.54 Å². The molecule has 122 valence electrons. The molecule has 3 N–H and O–H groups in total. The number of nitrogens with one attached hydrogen (secondary N) is 1. The Balaban J connectivity index is 1.59. The van der Waals surface area contributed by atoms with Crippen LogP contribution >= 0.6 is 0 Å². The summed E-state index contributed by atoms with van der Waals surface area (Å²) in [5.41, 5.74) is 2.18. The van der Waals surface area contributed by atoms with Crippen molar-refractivity contribution < 1.29 is 19.5 Å². The molecule has 23 heavy (non-hydrogen) atoms. The van der Waals surface area contributed by atoms with Crippen molar-refractivity contribution in [3.63, 3.8) is 0 Å². The van der Waals surface area contributed by atoms with E-state index in [1.807, 2.05) is 0 Å². The second-order valence-electron chi connectivity index (χ2n) is 5.82. The number of aromatic nitrogens is 1. The summed E-state index contributed by atoms with van der Waals surface area (Å²) in [4.78, 5) is 12.3. The van der Waals surface area contributed by atoms with Gasteiger partial charge in [-0.25, -0.2) is 0 Å². The van der Waals surface area contributed by atoms with Crippen LogP contribution < -0.4 is 5.32 Å². The van der Waals surface area contributed by atoms with E-state index in [0.29, 0.717) is 18.7 Å². The SMILES string of the molecule is O=C(NCCc1ccc(O)c(O)c1)c1noc2c1CCCCC2. The Morgan fingerprint density at radius 1 is 1.17 bits per heavy atom. The van der Waals surface area contributed by atoms with E-state index in [2.05, 4.69) is 10.5 Å². The summed E-state index contributed by atoms with van der Waals surface area (Å²) in [6, 6.07) is 4.64. The third-order valence-electron chi connectivity index (χ3n) is 4.15. The molecule has 6 nitrogen and oxygen atoms in total. The molecule has 0 fully saturated rings. The second-order valence-corrected chi connectivity index (χ2v) is 5.82. The van der Waals surface area contributed by atoms with Gasteiger partial charge in [0.25, 0.3) is 5.91 Å². The van der Waals surface area contributed by atoms with Gasteiger partial charge in [0.05, 0.1) is 0 Å². The summed E-state index contributed by atoms with van der Waals surface area (Å²) in [7, 11) is 0. The van der Waals surface area contributed by atoms with E-state index in [-0.39, 0.29) is 17.4 Å². The molecule has 1 amide bonds. The molecule has 0 saturated heterocycles.